The maximum absolute atomic E-state index is 4.68. The van der Waals surface area contributed by atoms with Crippen molar-refractivity contribution in [1.82, 2.24) is 4.98 Å². The second-order valence-electron chi connectivity index (χ2n) is 4.27. The van der Waals surface area contributed by atoms with Crippen LogP contribution in [0.2, 0.25) is 0 Å². The minimum Gasteiger partial charge on any atom is -0.230 e. The van der Waals surface area contributed by atoms with Crippen LogP contribution >= 0.6 is 23.1 Å². The largest absolute Gasteiger partial charge is 0.230 e. The molecule has 0 amide bonds. The molecule has 0 unspecified atom stereocenters. The highest BCUT2D eigenvalue weighted by Crippen LogP contribution is 2.28. The molecular weight excluding hydrogens is 258 g/mol. The number of nitrogens with zero attached hydrogens (tertiary/aromatic N) is 1. The van der Waals surface area contributed by atoms with E-state index in [-0.39, 0.29) is 0 Å². The summed E-state index contributed by atoms with van der Waals surface area (Å²) in [6.45, 7) is 2.25. The Morgan fingerprint density at radius 2 is 1.94 bits per heavy atom. The molecule has 0 atom stereocenters. The Kier molecular flexibility index (Phi) is 5.75. The summed E-state index contributed by atoms with van der Waals surface area (Å²) < 4.78 is 1.20. The van der Waals surface area contributed by atoms with Crippen molar-refractivity contribution in [3.05, 3.63) is 35.7 Å². The molecule has 0 saturated heterocycles. The predicted molar refractivity (Wildman–Crippen MR) is 82.4 cm³/mol. The van der Waals surface area contributed by atoms with Crippen LogP contribution in [0.15, 0.2) is 40.1 Å². The summed E-state index contributed by atoms with van der Waals surface area (Å²) in [6, 6.07) is 10.4. The molecule has 0 fully saturated rings. The molecule has 0 spiro atoms. The fourth-order valence-corrected chi connectivity index (χ4v) is 3.66. The fourth-order valence-electron chi connectivity index (χ4n) is 1.75. The summed E-state index contributed by atoms with van der Waals surface area (Å²) in [5.74, 6) is 1.20. The van der Waals surface area contributed by atoms with Crippen molar-refractivity contribution < 1.29 is 0 Å². The first-order valence-electron chi connectivity index (χ1n) is 6.54. The molecule has 2 rings (SSSR count). The third kappa shape index (κ3) is 4.14. The Hall–Kier alpha value is -0.800. The van der Waals surface area contributed by atoms with Gasteiger partial charge in [-0.2, -0.15) is 0 Å². The van der Waals surface area contributed by atoms with Crippen LogP contribution < -0.4 is 0 Å². The van der Waals surface area contributed by atoms with Gasteiger partial charge in [0, 0.05) is 16.7 Å². The van der Waals surface area contributed by atoms with Crippen molar-refractivity contribution in [2.75, 3.05) is 5.75 Å². The lowest BCUT2D eigenvalue weighted by Crippen LogP contribution is -1.81. The number of unbranched alkanes of at least 4 members (excludes halogenated alkanes) is 3. The van der Waals surface area contributed by atoms with Crippen LogP contribution in [0.5, 0.6) is 0 Å². The van der Waals surface area contributed by atoms with Gasteiger partial charge in [-0.1, -0.05) is 68.3 Å². The van der Waals surface area contributed by atoms with Gasteiger partial charge in [0.25, 0.3) is 0 Å². The van der Waals surface area contributed by atoms with Gasteiger partial charge in [0.15, 0.2) is 4.34 Å². The average Bonchev–Trinajstić information content (AvgIpc) is 2.88. The van der Waals surface area contributed by atoms with Crippen molar-refractivity contribution in [3.8, 4) is 11.3 Å². The molecule has 1 aromatic carbocycles. The monoisotopic (exact) mass is 277 g/mol. The number of thioether (sulfide) groups is 1. The van der Waals surface area contributed by atoms with Crippen molar-refractivity contribution in [2.24, 2.45) is 0 Å². The molecule has 0 aliphatic carbocycles. The van der Waals surface area contributed by atoms with Crippen molar-refractivity contribution in [2.45, 2.75) is 36.9 Å². The number of hydrogen-bond acceptors (Lipinski definition) is 3. The number of hydrogen-bond donors (Lipinski definition) is 0. The van der Waals surface area contributed by atoms with E-state index in [2.05, 4.69) is 41.6 Å². The van der Waals surface area contributed by atoms with Crippen LogP contribution in [0.3, 0.4) is 0 Å². The first kappa shape index (κ1) is 13.6. The molecule has 18 heavy (non-hydrogen) atoms. The molecule has 1 aromatic heterocycles. The van der Waals surface area contributed by atoms with E-state index in [4.69, 9.17) is 0 Å². The van der Waals surface area contributed by atoms with E-state index in [9.17, 15) is 0 Å². The smallest absolute Gasteiger partial charge is 0.150 e. The van der Waals surface area contributed by atoms with Gasteiger partial charge in [0.2, 0.25) is 0 Å². The van der Waals surface area contributed by atoms with Gasteiger partial charge in [0.1, 0.15) is 0 Å². The van der Waals surface area contributed by atoms with E-state index in [1.54, 1.807) is 11.3 Å². The second-order valence-corrected chi connectivity index (χ2v) is 6.47. The molecule has 0 radical (unpaired) electrons. The second kappa shape index (κ2) is 7.59. The zero-order chi connectivity index (χ0) is 12.6. The molecule has 96 valence electrons. The summed E-state index contributed by atoms with van der Waals surface area (Å²) in [6.07, 6.45) is 5.31. The number of aromatic nitrogens is 1. The quantitative estimate of drug-likeness (QED) is 0.491. The summed E-state index contributed by atoms with van der Waals surface area (Å²) >= 11 is 3.65. The summed E-state index contributed by atoms with van der Waals surface area (Å²) in [7, 11) is 0. The van der Waals surface area contributed by atoms with Gasteiger partial charge >= 0.3 is 0 Å². The Balaban J connectivity index is 1.83. The summed E-state index contributed by atoms with van der Waals surface area (Å²) in [5, 5.41) is 2.16. The van der Waals surface area contributed by atoms with Crippen LogP contribution in [0.25, 0.3) is 11.3 Å². The number of rotatable bonds is 7. The van der Waals surface area contributed by atoms with Gasteiger partial charge in [-0.3, -0.25) is 0 Å². The Morgan fingerprint density at radius 1 is 1.11 bits per heavy atom. The molecule has 3 heteroatoms. The molecule has 1 nitrogen and oxygen atoms in total. The SMILES string of the molecule is CCCCCCSc1nc(-c2ccccc2)cs1. The molecular formula is C15H19NS2. The predicted octanol–water partition coefficient (Wildman–Crippen LogP) is 5.48. The standard InChI is InChI=1S/C15H19NS2/c1-2-3-4-8-11-17-15-16-14(12-18-15)13-9-6-5-7-10-13/h5-7,9-10,12H,2-4,8,11H2,1H3. The highest BCUT2D eigenvalue weighted by molar-refractivity contribution is 8.01. The van der Waals surface area contributed by atoms with Crippen LogP contribution in [0, 0.1) is 0 Å². The third-order valence-electron chi connectivity index (χ3n) is 2.78. The lowest BCUT2D eigenvalue weighted by molar-refractivity contribution is 0.706. The van der Waals surface area contributed by atoms with E-state index in [0.29, 0.717) is 0 Å². The lowest BCUT2D eigenvalue weighted by Gasteiger charge is -1.97. The fraction of sp³-hybridized carbons (Fsp3) is 0.400. The van der Waals surface area contributed by atoms with Crippen LogP contribution in [0.4, 0.5) is 0 Å². The summed E-state index contributed by atoms with van der Waals surface area (Å²) in [5.41, 5.74) is 2.32. The van der Waals surface area contributed by atoms with E-state index in [1.807, 2.05) is 17.8 Å². The average molecular weight is 277 g/mol. The molecule has 0 bridgehead atoms. The van der Waals surface area contributed by atoms with Gasteiger partial charge in [-0.05, 0) is 6.42 Å². The van der Waals surface area contributed by atoms with Crippen LogP contribution in [-0.4, -0.2) is 10.7 Å². The highest BCUT2D eigenvalue weighted by Gasteiger charge is 2.04. The third-order valence-corrected chi connectivity index (χ3v) is 4.88. The van der Waals surface area contributed by atoms with Crippen LogP contribution in [-0.2, 0) is 0 Å². The maximum atomic E-state index is 4.68. The number of benzene rings is 1. The first-order valence-corrected chi connectivity index (χ1v) is 8.40. The minimum absolute atomic E-state index is 1.11. The van der Waals surface area contributed by atoms with Crippen LogP contribution in [0.1, 0.15) is 32.6 Å². The van der Waals surface area contributed by atoms with Crippen molar-refractivity contribution in [3.63, 3.8) is 0 Å². The molecule has 1 heterocycles. The Morgan fingerprint density at radius 3 is 2.72 bits per heavy atom. The normalized spacial score (nSPS) is 10.7. The Labute approximate surface area is 118 Å². The van der Waals surface area contributed by atoms with Gasteiger partial charge in [-0.15, -0.1) is 11.3 Å². The maximum Gasteiger partial charge on any atom is 0.150 e. The summed E-state index contributed by atoms with van der Waals surface area (Å²) in [4.78, 5) is 4.68. The Bertz CT molecular complexity index is 451. The zero-order valence-electron chi connectivity index (χ0n) is 10.8. The molecule has 0 aliphatic rings. The molecule has 0 aliphatic heterocycles. The van der Waals surface area contributed by atoms with E-state index in [0.717, 1.165) is 5.69 Å². The number of thiazole rings is 1. The zero-order valence-corrected chi connectivity index (χ0v) is 12.4. The van der Waals surface area contributed by atoms with Gasteiger partial charge in [0.05, 0.1) is 5.69 Å². The van der Waals surface area contributed by atoms with E-state index in [1.165, 1.54) is 41.3 Å². The topological polar surface area (TPSA) is 12.9 Å². The highest BCUT2D eigenvalue weighted by atomic mass is 32.2. The molecule has 0 N–H and O–H groups in total. The van der Waals surface area contributed by atoms with E-state index >= 15 is 0 Å². The van der Waals surface area contributed by atoms with Gasteiger partial charge < -0.3 is 0 Å². The minimum atomic E-state index is 1.11. The van der Waals surface area contributed by atoms with Gasteiger partial charge in [-0.25, -0.2) is 4.98 Å². The first-order chi connectivity index (χ1) is 8.90. The molecule has 2 aromatic rings. The lowest BCUT2D eigenvalue weighted by atomic mass is 10.2. The molecule has 0 saturated carbocycles. The van der Waals surface area contributed by atoms with Crippen molar-refractivity contribution in [1.29, 1.82) is 0 Å². The van der Waals surface area contributed by atoms with E-state index < -0.39 is 0 Å². The van der Waals surface area contributed by atoms with Crippen molar-refractivity contribution >= 4 is 23.1 Å².